The highest BCUT2D eigenvalue weighted by molar-refractivity contribution is 5.74. The standard InChI is InChI=1S/C16H20N4O/c1-11-6-4-5-9-20(11)14-10-13(18-19-16(14)17)12-7-2-3-8-15(12)21/h2-3,7-8,10-11,21H,4-6,9H2,1H3,(H2,17,19)/t11-/m1/s1. The second-order valence-electron chi connectivity index (χ2n) is 5.56. The molecule has 3 N–H and O–H groups in total. The van der Waals surface area contributed by atoms with Gasteiger partial charge in [0, 0.05) is 18.2 Å². The van der Waals surface area contributed by atoms with Crippen molar-refractivity contribution in [3.05, 3.63) is 30.3 Å². The molecule has 1 atom stereocenters. The Balaban J connectivity index is 2.02. The van der Waals surface area contributed by atoms with Gasteiger partial charge in [0.1, 0.15) is 5.75 Å². The number of hydrogen-bond donors (Lipinski definition) is 2. The summed E-state index contributed by atoms with van der Waals surface area (Å²) in [4.78, 5) is 2.29. The predicted molar refractivity (Wildman–Crippen MR) is 84.2 cm³/mol. The quantitative estimate of drug-likeness (QED) is 0.887. The van der Waals surface area contributed by atoms with Crippen molar-refractivity contribution in [1.82, 2.24) is 10.2 Å². The number of phenolic OH excluding ortho intramolecular Hbond substituents is 1. The summed E-state index contributed by atoms with van der Waals surface area (Å²) in [5.41, 5.74) is 8.26. The molecule has 1 aliphatic rings. The number of para-hydroxylation sites is 1. The van der Waals surface area contributed by atoms with Crippen molar-refractivity contribution >= 4 is 11.5 Å². The van der Waals surface area contributed by atoms with Gasteiger partial charge in [-0.3, -0.25) is 0 Å². The highest BCUT2D eigenvalue weighted by Gasteiger charge is 2.22. The molecule has 5 heteroatoms. The Bertz CT molecular complexity index is 644. The minimum atomic E-state index is 0.203. The Morgan fingerprint density at radius 1 is 1.24 bits per heavy atom. The number of benzene rings is 1. The fraction of sp³-hybridized carbons (Fsp3) is 0.375. The highest BCUT2D eigenvalue weighted by Crippen LogP contribution is 2.33. The van der Waals surface area contributed by atoms with Crippen molar-refractivity contribution in [2.45, 2.75) is 32.2 Å². The number of hydrogen-bond acceptors (Lipinski definition) is 5. The molecular formula is C16H20N4O. The van der Waals surface area contributed by atoms with E-state index in [0.717, 1.165) is 25.1 Å². The Morgan fingerprint density at radius 2 is 2.05 bits per heavy atom. The minimum absolute atomic E-state index is 0.203. The average Bonchev–Trinajstić information content (AvgIpc) is 2.49. The summed E-state index contributed by atoms with van der Waals surface area (Å²) in [5.74, 6) is 0.650. The summed E-state index contributed by atoms with van der Waals surface area (Å²) in [6.45, 7) is 3.19. The van der Waals surface area contributed by atoms with Crippen molar-refractivity contribution in [2.75, 3.05) is 17.2 Å². The van der Waals surface area contributed by atoms with Crippen LogP contribution in [0.2, 0.25) is 0 Å². The van der Waals surface area contributed by atoms with Gasteiger partial charge in [-0.25, -0.2) is 0 Å². The minimum Gasteiger partial charge on any atom is -0.507 e. The first-order chi connectivity index (χ1) is 10.2. The van der Waals surface area contributed by atoms with Gasteiger partial charge in [-0.15, -0.1) is 10.2 Å². The summed E-state index contributed by atoms with van der Waals surface area (Å²) in [6.07, 6.45) is 3.58. The van der Waals surface area contributed by atoms with Crippen molar-refractivity contribution < 1.29 is 5.11 Å². The van der Waals surface area contributed by atoms with Crippen LogP contribution in [0.15, 0.2) is 30.3 Å². The van der Waals surface area contributed by atoms with Crippen molar-refractivity contribution in [2.24, 2.45) is 0 Å². The third-order valence-corrected chi connectivity index (χ3v) is 4.09. The van der Waals surface area contributed by atoms with Crippen molar-refractivity contribution in [3.63, 3.8) is 0 Å². The van der Waals surface area contributed by atoms with Gasteiger partial charge in [0.15, 0.2) is 5.82 Å². The molecule has 21 heavy (non-hydrogen) atoms. The zero-order valence-corrected chi connectivity index (χ0v) is 12.2. The Morgan fingerprint density at radius 3 is 2.81 bits per heavy atom. The predicted octanol–water partition coefficient (Wildman–Crippen LogP) is 2.81. The van der Waals surface area contributed by atoms with Crippen LogP contribution in [0.4, 0.5) is 11.5 Å². The third kappa shape index (κ3) is 2.63. The van der Waals surface area contributed by atoms with E-state index in [9.17, 15) is 5.11 Å². The van der Waals surface area contributed by atoms with E-state index >= 15 is 0 Å². The summed E-state index contributed by atoms with van der Waals surface area (Å²) < 4.78 is 0. The molecule has 0 radical (unpaired) electrons. The number of rotatable bonds is 2. The van der Waals surface area contributed by atoms with E-state index in [2.05, 4.69) is 22.0 Å². The zero-order valence-electron chi connectivity index (χ0n) is 12.2. The Kier molecular flexibility index (Phi) is 3.64. The summed E-state index contributed by atoms with van der Waals surface area (Å²) in [7, 11) is 0. The summed E-state index contributed by atoms with van der Waals surface area (Å²) in [6, 6.07) is 9.52. The number of piperidine rings is 1. The molecule has 2 heterocycles. The molecule has 0 bridgehead atoms. The molecule has 0 aliphatic carbocycles. The molecule has 5 nitrogen and oxygen atoms in total. The van der Waals surface area contributed by atoms with Crippen LogP contribution in [0.3, 0.4) is 0 Å². The molecule has 1 aliphatic heterocycles. The van der Waals surface area contributed by atoms with Gasteiger partial charge in [-0.05, 0) is 44.4 Å². The fourth-order valence-electron chi connectivity index (χ4n) is 2.90. The van der Waals surface area contributed by atoms with E-state index in [1.165, 1.54) is 6.42 Å². The lowest BCUT2D eigenvalue weighted by molar-refractivity contribution is 0.477. The molecule has 3 rings (SSSR count). The first-order valence-electron chi connectivity index (χ1n) is 7.35. The lowest BCUT2D eigenvalue weighted by Gasteiger charge is -2.35. The van der Waals surface area contributed by atoms with Gasteiger partial charge in [0.2, 0.25) is 0 Å². The van der Waals surface area contributed by atoms with Gasteiger partial charge in [0.25, 0.3) is 0 Å². The number of nitrogens with zero attached hydrogens (tertiary/aromatic N) is 3. The van der Waals surface area contributed by atoms with Gasteiger partial charge in [-0.2, -0.15) is 0 Å². The zero-order chi connectivity index (χ0) is 14.8. The van der Waals surface area contributed by atoms with Gasteiger partial charge in [-0.1, -0.05) is 12.1 Å². The van der Waals surface area contributed by atoms with Gasteiger partial charge in [0.05, 0.1) is 11.4 Å². The lowest BCUT2D eigenvalue weighted by Crippen LogP contribution is -2.38. The largest absolute Gasteiger partial charge is 0.507 e. The monoisotopic (exact) mass is 284 g/mol. The average molecular weight is 284 g/mol. The van der Waals surface area contributed by atoms with E-state index in [1.807, 2.05) is 18.2 Å². The maximum absolute atomic E-state index is 9.97. The first kappa shape index (κ1) is 13.7. The molecule has 1 aromatic carbocycles. The first-order valence-corrected chi connectivity index (χ1v) is 7.35. The topological polar surface area (TPSA) is 75.3 Å². The van der Waals surface area contributed by atoms with E-state index in [-0.39, 0.29) is 5.75 Å². The Labute approximate surface area is 124 Å². The normalized spacial score (nSPS) is 18.7. The lowest BCUT2D eigenvalue weighted by atomic mass is 10.0. The Hall–Kier alpha value is -2.30. The fourth-order valence-corrected chi connectivity index (χ4v) is 2.90. The molecular weight excluding hydrogens is 264 g/mol. The molecule has 0 amide bonds. The van der Waals surface area contributed by atoms with Crippen molar-refractivity contribution in [1.29, 1.82) is 0 Å². The molecule has 2 aromatic rings. The number of phenols is 1. The van der Waals surface area contributed by atoms with Gasteiger partial charge >= 0.3 is 0 Å². The van der Waals surface area contributed by atoms with Crippen LogP contribution in [0.1, 0.15) is 26.2 Å². The van der Waals surface area contributed by atoms with Crippen LogP contribution in [0, 0.1) is 0 Å². The van der Waals surface area contributed by atoms with E-state index in [4.69, 9.17) is 5.73 Å². The van der Waals surface area contributed by atoms with Crippen LogP contribution in [-0.2, 0) is 0 Å². The summed E-state index contributed by atoms with van der Waals surface area (Å²) in [5, 5.41) is 18.2. The number of nitrogens with two attached hydrogens (primary N) is 1. The molecule has 1 saturated heterocycles. The maximum atomic E-state index is 9.97. The number of aromatic hydroxyl groups is 1. The summed E-state index contributed by atoms with van der Waals surface area (Å²) >= 11 is 0. The number of anilines is 2. The molecule has 0 unspecified atom stereocenters. The molecule has 1 fully saturated rings. The third-order valence-electron chi connectivity index (χ3n) is 4.09. The molecule has 110 valence electrons. The molecule has 0 saturated carbocycles. The van der Waals surface area contributed by atoms with E-state index < -0.39 is 0 Å². The van der Waals surface area contributed by atoms with Crippen molar-refractivity contribution in [3.8, 4) is 17.0 Å². The maximum Gasteiger partial charge on any atom is 0.169 e. The van der Waals surface area contributed by atoms with Crippen LogP contribution in [-0.4, -0.2) is 27.9 Å². The molecule has 1 aromatic heterocycles. The number of nitrogen functional groups attached to an aromatic ring is 1. The van der Waals surface area contributed by atoms with Gasteiger partial charge < -0.3 is 15.7 Å². The molecule has 0 spiro atoms. The van der Waals surface area contributed by atoms with E-state index in [1.54, 1.807) is 12.1 Å². The second kappa shape index (κ2) is 5.60. The van der Waals surface area contributed by atoms with Crippen LogP contribution in [0.25, 0.3) is 11.3 Å². The van der Waals surface area contributed by atoms with Crippen LogP contribution in [0.5, 0.6) is 5.75 Å². The van der Waals surface area contributed by atoms with E-state index in [0.29, 0.717) is 23.1 Å². The van der Waals surface area contributed by atoms with Crippen LogP contribution >= 0.6 is 0 Å². The number of aromatic nitrogens is 2. The SMILES string of the molecule is C[C@@H]1CCCCN1c1cc(-c2ccccc2O)nnc1N. The smallest absolute Gasteiger partial charge is 0.169 e. The van der Waals surface area contributed by atoms with Crippen LogP contribution < -0.4 is 10.6 Å². The second-order valence-corrected chi connectivity index (χ2v) is 5.56. The highest BCUT2D eigenvalue weighted by atomic mass is 16.3.